The maximum atomic E-state index is 12.6. The number of hydrogen-bond acceptors (Lipinski definition) is 2. The molecular weight excluding hydrogens is 217 g/mol. The zero-order valence-electron chi connectivity index (χ0n) is 10.7. The van der Waals surface area contributed by atoms with Crippen LogP contribution in [0.5, 0.6) is 0 Å². The molecule has 2 nitrogen and oxygen atoms in total. The summed E-state index contributed by atoms with van der Waals surface area (Å²) in [7, 11) is 0. The SMILES string of the molecule is CC(C)CNCCOCCc1ccc(F)cc1. The van der Waals surface area contributed by atoms with E-state index in [0.717, 1.165) is 31.7 Å². The van der Waals surface area contributed by atoms with Crippen molar-refractivity contribution in [3.05, 3.63) is 35.6 Å². The lowest BCUT2D eigenvalue weighted by molar-refractivity contribution is 0.138. The first-order valence-corrected chi connectivity index (χ1v) is 6.21. The van der Waals surface area contributed by atoms with Gasteiger partial charge in [-0.1, -0.05) is 26.0 Å². The standard InChI is InChI=1S/C14H22FNO/c1-12(2)11-16-8-10-17-9-7-13-3-5-14(15)6-4-13/h3-6,12,16H,7-11H2,1-2H3. The van der Waals surface area contributed by atoms with Gasteiger partial charge in [0.2, 0.25) is 0 Å². The van der Waals surface area contributed by atoms with E-state index in [-0.39, 0.29) is 5.82 Å². The van der Waals surface area contributed by atoms with Crippen LogP contribution in [0.25, 0.3) is 0 Å². The van der Waals surface area contributed by atoms with Gasteiger partial charge in [-0.25, -0.2) is 4.39 Å². The number of ether oxygens (including phenoxy) is 1. The third-order valence-corrected chi connectivity index (χ3v) is 2.42. The molecule has 0 aliphatic heterocycles. The maximum Gasteiger partial charge on any atom is 0.123 e. The Morgan fingerprint density at radius 3 is 2.53 bits per heavy atom. The summed E-state index contributed by atoms with van der Waals surface area (Å²) in [5, 5.41) is 3.32. The van der Waals surface area contributed by atoms with Gasteiger partial charge in [0.1, 0.15) is 5.82 Å². The molecule has 17 heavy (non-hydrogen) atoms. The number of rotatable bonds is 8. The summed E-state index contributed by atoms with van der Waals surface area (Å²) in [6.07, 6.45) is 0.838. The van der Waals surface area contributed by atoms with E-state index >= 15 is 0 Å². The van der Waals surface area contributed by atoms with Crippen molar-refractivity contribution in [3.8, 4) is 0 Å². The van der Waals surface area contributed by atoms with Crippen molar-refractivity contribution in [2.24, 2.45) is 5.92 Å². The van der Waals surface area contributed by atoms with Crippen LogP contribution in [0.4, 0.5) is 4.39 Å². The molecule has 0 heterocycles. The minimum Gasteiger partial charge on any atom is -0.380 e. The van der Waals surface area contributed by atoms with Crippen molar-refractivity contribution >= 4 is 0 Å². The highest BCUT2D eigenvalue weighted by molar-refractivity contribution is 5.15. The molecule has 0 aliphatic carbocycles. The van der Waals surface area contributed by atoms with Crippen LogP contribution in [0.3, 0.4) is 0 Å². The van der Waals surface area contributed by atoms with Gasteiger partial charge in [-0.15, -0.1) is 0 Å². The van der Waals surface area contributed by atoms with Crippen molar-refractivity contribution in [1.29, 1.82) is 0 Å². The minimum absolute atomic E-state index is 0.187. The van der Waals surface area contributed by atoms with Crippen LogP contribution in [0.15, 0.2) is 24.3 Å². The topological polar surface area (TPSA) is 21.3 Å². The quantitative estimate of drug-likeness (QED) is 0.704. The molecule has 0 radical (unpaired) electrons. The molecule has 0 aliphatic rings. The molecule has 1 rings (SSSR count). The largest absolute Gasteiger partial charge is 0.380 e. The van der Waals surface area contributed by atoms with Gasteiger partial charge in [0.05, 0.1) is 13.2 Å². The predicted molar refractivity (Wildman–Crippen MR) is 68.6 cm³/mol. The molecule has 0 unspecified atom stereocenters. The summed E-state index contributed by atoms with van der Waals surface area (Å²) >= 11 is 0. The molecule has 3 heteroatoms. The van der Waals surface area contributed by atoms with Crippen LogP contribution in [-0.4, -0.2) is 26.3 Å². The molecule has 0 bridgehead atoms. The lowest BCUT2D eigenvalue weighted by atomic mass is 10.2. The van der Waals surface area contributed by atoms with Crippen LogP contribution in [0, 0.1) is 11.7 Å². The first-order chi connectivity index (χ1) is 8.18. The molecule has 0 fully saturated rings. The van der Waals surface area contributed by atoms with Crippen molar-refractivity contribution in [1.82, 2.24) is 5.32 Å². The number of halogens is 1. The molecule has 96 valence electrons. The van der Waals surface area contributed by atoms with Crippen LogP contribution >= 0.6 is 0 Å². The van der Waals surface area contributed by atoms with E-state index in [4.69, 9.17) is 4.74 Å². The van der Waals surface area contributed by atoms with Gasteiger partial charge in [-0.05, 0) is 36.6 Å². The van der Waals surface area contributed by atoms with Crippen molar-refractivity contribution in [3.63, 3.8) is 0 Å². The van der Waals surface area contributed by atoms with Gasteiger partial charge >= 0.3 is 0 Å². The van der Waals surface area contributed by atoms with Gasteiger partial charge < -0.3 is 10.1 Å². The van der Waals surface area contributed by atoms with Gasteiger partial charge in [-0.2, -0.15) is 0 Å². The second-order valence-corrected chi connectivity index (χ2v) is 4.59. The van der Waals surface area contributed by atoms with Gasteiger partial charge in [0.25, 0.3) is 0 Å². The van der Waals surface area contributed by atoms with Gasteiger partial charge in [-0.3, -0.25) is 0 Å². The Hall–Kier alpha value is -0.930. The van der Waals surface area contributed by atoms with Crippen LogP contribution < -0.4 is 5.32 Å². The average Bonchev–Trinajstić information content (AvgIpc) is 2.30. The predicted octanol–water partition coefficient (Wildman–Crippen LogP) is 2.63. The Balaban J connectivity index is 1.99. The van der Waals surface area contributed by atoms with Crippen LogP contribution in [0.2, 0.25) is 0 Å². The highest BCUT2D eigenvalue weighted by Crippen LogP contribution is 2.03. The summed E-state index contributed by atoms with van der Waals surface area (Å²) in [5.41, 5.74) is 1.11. The van der Waals surface area contributed by atoms with Gasteiger partial charge in [0.15, 0.2) is 0 Å². The third kappa shape index (κ3) is 7.08. The molecule has 1 aromatic rings. The molecule has 1 aromatic carbocycles. The van der Waals surface area contributed by atoms with E-state index in [0.29, 0.717) is 12.5 Å². The third-order valence-electron chi connectivity index (χ3n) is 2.42. The molecule has 1 N–H and O–H groups in total. The summed E-state index contributed by atoms with van der Waals surface area (Å²) in [6.45, 7) is 7.70. The highest BCUT2D eigenvalue weighted by atomic mass is 19.1. The zero-order valence-corrected chi connectivity index (χ0v) is 10.7. The monoisotopic (exact) mass is 239 g/mol. The summed E-state index contributed by atoms with van der Waals surface area (Å²) in [4.78, 5) is 0. The summed E-state index contributed by atoms with van der Waals surface area (Å²) < 4.78 is 18.1. The molecule has 0 saturated carbocycles. The minimum atomic E-state index is -0.187. The van der Waals surface area contributed by atoms with E-state index in [2.05, 4.69) is 19.2 Å². The molecular formula is C14H22FNO. The first kappa shape index (κ1) is 14.1. The van der Waals surface area contributed by atoms with Crippen molar-refractivity contribution in [2.75, 3.05) is 26.3 Å². The summed E-state index contributed by atoms with van der Waals surface area (Å²) in [5.74, 6) is 0.488. The second-order valence-electron chi connectivity index (χ2n) is 4.59. The Kier molecular flexibility index (Phi) is 6.82. The number of hydrogen-bond donors (Lipinski definition) is 1. The molecule has 0 saturated heterocycles. The van der Waals surface area contributed by atoms with E-state index < -0.39 is 0 Å². The number of benzene rings is 1. The van der Waals surface area contributed by atoms with Crippen molar-refractivity contribution in [2.45, 2.75) is 20.3 Å². The smallest absolute Gasteiger partial charge is 0.123 e. The fourth-order valence-corrected chi connectivity index (χ4v) is 1.48. The summed E-state index contributed by atoms with van der Waals surface area (Å²) in [6, 6.07) is 6.57. The highest BCUT2D eigenvalue weighted by Gasteiger charge is 1.95. The molecule has 0 amide bonds. The van der Waals surface area contributed by atoms with E-state index in [9.17, 15) is 4.39 Å². The average molecular weight is 239 g/mol. The maximum absolute atomic E-state index is 12.6. The van der Waals surface area contributed by atoms with Gasteiger partial charge in [0, 0.05) is 6.54 Å². The fourth-order valence-electron chi connectivity index (χ4n) is 1.48. The van der Waals surface area contributed by atoms with Crippen molar-refractivity contribution < 1.29 is 9.13 Å². The van der Waals surface area contributed by atoms with E-state index in [1.807, 2.05) is 0 Å². The normalized spacial score (nSPS) is 11.1. The number of nitrogens with one attached hydrogen (secondary N) is 1. The lowest BCUT2D eigenvalue weighted by Crippen LogP contribution is -2.24. The zero-order chi connectivity index (χ0) is 12.5. The lowest BCUT2D eigenvalue weighted by Gasteiger charge is -2.08. The Morgan fingerprint density at radius 1 is 1.18 bits per heavy atom. The Labute approximate surface area is 103 Å². The Morgan fingerprint density at radius 2 is 1.88 bits per heavy atom. The van der Waals surface area contributed by atoms with Crippen LogP contribution in [-0.2, 0) is 11.2 Å². The molecule has 0 aromatic heterocycles. The Bertz CT molecular complexity index is 298. The fraction of sp³-hybridized carbons (Fsp3) is 0.571. The molecule has 0 spiro atoms. The van der Waals surface area contributed by atoms with E-state index in [1.54, 1.807) is 12.1 Å². The molecule has 0 atom stereocenters. The van der Waals surface area contributed by atoms with Crippen LogP contribution in [0.1, 0.15) is 19.4 Å². The van der Waals surface area contributed by atoms with E-state index in [1.165, 1.54) is 12.1 Å². The first-order valence-electron chi connectivity index (χ1n) is 6.21. The second kappa shape index (κ2) is 8.20.